The van der Waals surface area contributed by atoms with Crippen LogP contribution >= 0.6 is 0 Å². The van der Waals surface area contributed by atoms with E-state index in [4.69, 9.17) is 9.84 Å². The van der Waals surface area contributed by atoms with Crippen molar-refractivity contribution in [3.8, 4) is 0 Å². The highest BCUT2D eigenvalue weighted by molar-refractivity contribution is 5.87. The van der Waals surface area contributed by atoms with Gasteiger partial charge in [-0.2, -0.15) is 0 Å². The van der Waals surface area contributed by atoms with Gasteiger partial charge in [0, 0.05) is 6.04 Å². The number of carbonyl (C=O) groups excluding carboxylic acids is 1. The van der Waals surface area contributed by atoms with E-state index in [1.54, 1.807) is 12.1 Å². The summed E-state index contributed by atoms with van der Waals surface area (Å²) in [4.78, 5) is 23.2. The van der Waals surface area contributed by atoms with Crippen LogP contribution in [0, 0.1) is 0 Å². The molecule has 1 aliphatic rings. The lowest BCUT2D eigenvalue weighted by Gasteiger charge is -2.17. The molecule has 0 saturated heterocycles. The Bertz CT molecular complexity index is 758. The average molecular weight is 339 g/mol. The molecule has 25 heavy (non-hydrogen) atoms. The van der Waals surface area contributed by atoms with Crippen molar-refractivity contribution in [2.75, 3.05) is 0 Å². The highest BCUT2D eigenvalue weighted by atomic mass is 16.5. The van der Waals surface area contributed by atoms with Crippen LogP contribution in [0.3, 0.4) is 0 Å². The van der Waals surface area contributed by atoms with E-state index in [0.29, 0.717) is 6.42 Å². The Labute approximate surface area is 146 Å². The van der Waals surface area contributed by atoms with Crippen molar-refractivity contribution in [2.45, 2.75) is 38.3 Å². The van der Waals surface area contributed by atoms with Crippen LogP contribution in [0.2, 0.25) is 0 Å². The Hall–Kier alpha value is -2.82. The third-order valence-electron chi connectivity index (χ3n) is 4.45. The standard InChI is InChI=1S/C20H21NO4/c22-19(23)16-10-9-15-7-4-8-18(12-17(15)11-16)21-20(24)25-13-14-5-2-1-3-6-14/h1-3,5-6,9-11,18H,4,7-8,12-13H2,(H,21,24)(H,22,23). The van der Waals surface area contributed by atoms with Gasteiger partial charge < -0.3 is 15.2 Å². The maximum atomic E-state index is 12.1. The van der Waals surface area contributed by atoms with E-state index in [-0.39, 0.29) is 18.2 Å². The number of ether oxygens (including phenoxy) is 1. The fourth-order valence-electron chi connectivity index (χ4n) is 3.15. The molecule has 5 heteroatoms. The molecule has 1 unspecified atom stereocenters. The van der Waals surface area contributed by atoms with Crippen LogP contribution in [0.5, 0.6) is 0 Å². The Kier molecular flexibility index (Phi) is 5.33. The molecule has 2 aromatic rings. The normalized spacial score (nSPS) is 16.4. The third-order valence-corrected chi connectivity index (χ3v) is 4.45. The number of hydrogen-bond acceptors (Lipinski definition) is 3. The van der Waals surface area contributed by atoms with E-state index in [0.717, 1.165) is 36.0 Å². The number of fused-ring (bicyclic) bond motifs is 1. The second kappa shape index (κ2) is 7.83. The minimum atomic E-state index is -0.932. The molecule has 0 aliphatic heterocycles. The molecule has 2 aromatic carbocycles. The van der Waals surface area contributed by atoms with E-state index in [2.05, 4.69) is 5.32 Å². The fourth-order valence-corrected chi connectivity index (χ4v) is 3.15. The van der Waals surface area contributed by atoms with Crippen molar-refractivity contribution in [3.05, 3.63) is 70.8 Å². The largest absolute Gasteiger partial charge is 0.478 e. The number of rotatable bonds is 4. The van der Waals surface area contributed by atoms with Gasteiger partial charge >= 0.3 is 12.1 Å². The van der Waals surface area contributed by atoms with Gasteiger partial charge in [0.25, 0.3) is 0 Å². The number of alkyl carbamates (subject to hydrolysis) is 1. The molecule has 1 aliphatic carbocycles. The van der Waals surface area contributed by atoms with Crippen LogP contribution in [-0.2, 0) is 24.2 Å². The van der Waals surface area contributed by atoms with Crippen molar-refractivity contribution in [1.82, 2.24) is 5.32 Å². The molecule has 0 saturated carbocycles. The van der Waals surface area contributed by atoms with Crippen molar-refractivity contribution in [1.29, 1.82) is 0 Å². The lowest BCUT2D eigenvalue weighted by Crippen LogP contribution is -2.36. The predicted molar refractivity (Wildman–Crippen MR) is 93.6 cm³/mol. The summed E-state index contributed by atoms with van der Waals surface area (Å²) in [5, 5.41) is 12.1. The van der Waals surface area contributed by atoms with Crippen LogP contribution in [0.4, 0.5) is 4.79 Å². The molecule has 0 radical (unpaired) electrons. The molecular weight excluding hydrogens is 318 g/mol. The van der Waals surface area contributed by atoms with Crippen LogP contribution in [0.15, 0.2) is 48.5 Å². The first kappa shape index (κ1) is 17.0. The summed E-state index contributed by atoms with van der Waals surface area (Å²) < 4.78 is 5.28. The summed E-state index contributed by atoms with van der Waals surface area (Å²) in [5.41, 5.74) is 3.37. The molecule has 1 amide bonds. The maximum absolute atomic E-state index is 12.1. The quantitative estimate of drug-likeness (QED) is 0.835. The number of aromatic carboxylic acids is 1. The smallest absolute Gasteiger partial charge is 0.407 e. The van der Waals surface area contributed by atoms with E-state index >= 15 is 0 Å². The summed E-state index contributed by atoms with van der Waals surface area (Å²) in [6.45, 7) is 0.235. The molecule has 0 spiro atoms. The van der Waals surface area contributed by atoms with Crippen molar-refractivity contribution in [3.63, 3.8) is 0 Å². The van der Waals surface area contributed by atoms with Gasteiger partial charge in [-0.3, -0.25) is 0 Å². The number of carbonyl (C=O) groups is 2. The number of benzene rings is 2. The number of hydrogen-bond donors (Lipinski definition) is 2. The third kappa shape index (κ3) is 4.59. The number of amides is 1. The van der Waals surface area contributed by atoms with E-state index in [1.165, 1.54) is 0 Å². The summed E-state index contributed by atoms with van der Waals surface area (Å²) >= 11 is 0. The minimum absolute atomic E-state index is 0.0476. The monoisotopic (exact) mass is 339 g/mol. The Morgan fingerprint density at radius 1 is 1.12 bits per heavy atom. The highest BCUT2D eigenvalue weighted by Crippen LogP contribution is 2.22. The Balaban J connectivity index is 1.60. The topological polar surface area (TPSA) is 75.6 Å². The van der Waals surface area contributed by atoms with E-state index in [1.807, 2.05) is 36.4 Å². The van der Waals surface area contributed by atoms with Crippen LogP contribution < -0.4 is 5.32 Å². The molecule has 3 rings (SSSR count). The first-order valence-electron chi connectivity index (χ1n) is 8.44. The Morgan fingerprint density at radius 2 is 1.92 bits per heavy atom. The molecule has 0 fully saturated rings. The van der Waals surface area contributed by atoms with Gasteiger partial charge in [0.1, 0.15) is 6.61 Å². The number of carboxylic acid groups (broad SMARTS) is 1. The summed E-state index contributed by atoms with van der Waals surface area (Å²) in [5.74, 6) is -0.932. The molecule has 2 N–H and O–H groups in total. The fraction of sp³-hybridized carbons (Fsp3) is 0.300. The predicted octanol–water partition coefficient (Wildman–Crippen LogP) is 3.56. The van der Waals surface area contributed by atoms with Gasteiger partial charge in [-0.05, 0) is 54.5 Å². The average Bonchev–Trinajstić information content (AvgIpc) is 2.81. The molecule has 0 heterocycles. The number of carboxylic acids is 1. The zero-order chi connectivity index (χ0) is 17.6. The maximum Gasteiger partial charge on any atom is 0.407 e. The summed E-state index contributed by atoms with van der Waals surface area (Å²) in [6.07, 6.45) is 2.87. The van der Waals surface area contributed by atoms with Gasteiger partial charge in [0.2, 0.25) is 0 Å². The molecular formula is C20H21NO4. The van der Waals surface area contributed by atoms with Gasteiger partial charge in [-0.1, -0.05) is 36.4 Å². The van der Waals surface area contributed by atoms with Crippen molar-refractivity contribution >= 4 is 12.1 Å². The van der Waals surface area contributed by atoms with Crippen LogP contribution in [0.25, 0.3) is 0 Å². The first-order valence-corrected chi connectivity index (χ1v) is 8.44. The number of nitrogens with one attached hydrogen (secondary N) is 1. The van der Waals surface area contributed by atoms with Gasteiger partial charge in [-0.15, -0.1) is 0 Å². The number of aryl methyl sites for hydroxylation is 1. The second-order valence-electron chi connectivity index (χ2n) is 6.29. The lowest BCUT2D eigenvalue weighted by atomic mass is 9.99. The molecule has 1 atom stereocenters. The van der Waals surface area contributed by atoms with Crippen LogP contribution in [0.1, 0.15) is 39.9 Å². The van der Waals surface area contributed by atoms with Crippen molar-refractivity contribution in [2.24, 2.45) is 0 Å². The lowest BCUT2D eigenvalue weighted by molar-refractivity contribution is 0.0696. The van der Waals surface area contributed by atoms with E-state index < -0.39 is 12.1 Å². The molecule has 130 valence electrons. The molecule has 0 aromatic heterocycles. The van der Waals surface area contributed by atoms with Gasteiger partial charge in [0.15, 0.2) is 0 Å². The SMILES string of the molecule is O=C(NC1CCCc2ccc(C(=O)O)cc2C1)OCc1ccccc1. The van der Waals surface area contributed by atoms with E-state index in [9.17, 15) is 9.59 Å². The zero-order valence-electron chi connectivity index (χ0n) is 13.9. The first-order chi connectivity index (χ1) is 12.1. The van der Waals surface area contributed by atoms with Crippen LogP contribution in [-0.4, -0.2) is 23.2 Å². The van der Waals surface area contributed by atoms with Gasteiger partial charge in [0.05, 0.1) is 5.56 Å². The Morgan fingerprint density at radius 3 is 2.68 bits per heavy atom. The molecule has 5 nitrogen and oxygen atoms in total. The summed E-state index contributed by atoms with van der Waals surface area (Å²) in [7, 11) is 0. The van der Waals surface area contributed by atoms with Gasteiger partial charge in [-0.25, -0.2) is 9.59 Å². The zero-order valence-corrected chi connectivity index (χ0v) is 13.9. The minimum Gasteiger partial charge on any atom is -0.478 e. The molecule has 0 bridgehead atoms. The highest BCUT2D eigenvalue weighted by Gasteiger charge is 2.20. The second-order valence-corrected chi connectivity index (χ2v) is 6.29. The van der Waals surface area contributed by atoms with Crippen molar-refractivity contribution < 1.29 is 19.4 Å². The summed E-state index contributed by atoms with van der Waals surface area (Å²) in [6, 6.07) is 14.7.